The van der Waals surface area contributed by atoms with Crippen molar-refractivity contribution in [2.45, 2.75) is 25.3 Å². The Morgan fingerprint density at radius 2 is 2.10 bits per heavy atom. The van der Waals surface area contributed by atoms with Gasteiger partial charge in [-0.05, 0) is 42.5 Å². The van der Waals surface area contributed by atoms with Gasteiger partial charge in [-0.3, -0.25) is 0 Å². The molecular formula is C16H17N3S. The second-order valence-electron chi connectivity index (χ2n) is 5.08. The number of hydrogen-bond acceptors (Lipinski definition) is 3. The smallest absolute Gasteiger partial charge is 0.126 e. The van der Waals surface area contributed by atoms with Gasteiger partial charge in [0.2, 0.25) is 0 Å². The summed E-state index contributed by atoms with van der Waals surface area (Å²) in [7, 11) is 0. The number of nitrogens with zero attached hydrogens (tertiary/aromatic N) is 1. The molecule has 2 aromatic rings. The molecule has 0 saturated heterocycles. The van der Waals surface area contributed by atoms with Crippen molar-refractivity contribution in [3.05, 3.63) is 59.3 Å². The van der Waals surface area contributed by atoms with Gasteiger partial charge in [0.1, 0.15) is 10.8 Å². The summed E-state index contributed by atoms with van der Waals surface area (Å²) in [4.78, 5) is 4.77. The molecule has 1 heterocycles. The fourth-order valence-electron chi connectivity index (χ4n) is 2.71. The number of fused-ring (bicyclic) bond motifs is 1. The molecule has 3 rings (SSSR count). The van der Waals surface area contributed by atoms with E-state index < -0.39 is 0 Å². The molecule has 0 amide bonds. The van der Waals surface area contributed by atoms with E-state index in [-0.39, 0.29) is 0 Å². The zero-order valence-electron chi connectivity index (χ0n) is 11.2. The fourth-order valence-corrected chi connectivity index (χ4v) is 2.83. The molecule has 20 heavy (non-hydrogen) atoms. The highest BCUT2D eigenvalue weighted by atomic mass is 32.1. The van der Waals surface area contributed by atoms with Gasteiger partial charge in [0.05, 0.1) is 6.04 Å². The number of pyridine rings is 1. The highest BCUT2D eigenvalue weighted by Gasteiger charge is 2.19. The summed E-state index contributed by atoms with van der Waals surface area (Å²) >= 11 is 4.94. The lowest BCUT2D eigenvalue weighted by molar-refractivity contribution is 0.598. The molecular weight excluding hydrogens is 266 g/mol. The van der Waals surface area contributed by atoms with E-state index >= 15 is 0 Å². The fraction of sp³-hybridized carbons (Fsp3) is 0.250. The largest absolute Gasteiger partial charge is 0.389 e. The average molecular weight is 283 g/mol. The van der Waals surface area contributed by atoms with Gasteiger partial charge in [0, 0.05) is 11.8 Å². The molecule has 102 valence electrons. The van der Waals surface area contributed by atoms with Crippen LogP contribution in [0.15, 0.2) is 42.6 Å². The second kappa shape index (κ2) is 5.59. The Morgan fingerprint density at radius 3 is 2.85 bits per heavy atom. The molecule has 0 saturated carbocycles. The molecule has 1 aliphatic carbocycles. The van der Waals surface area contributed by atoms with Crippen LogP contribution in [0.25, 0.3) is 0 Å². The molecule has 0 fully saturated rings. The zero-order valence-corrected chi connectivity index (χ0v) is 12.0. The molecule has 1 aromatic carbocycles. The van der Waals surface area contributed by atoms with Crippen LogP contribution in [0.4, 0.5) is 5.82 Å². The number of benzene rings is 1. The number of aromatic nitrogens is 1. The van der Waals surface area contributed by atoms with Crippen LogP contribution in [-0.4, -0.2) is 9.97 Å². The standard InChI is InChI=1S/C16H17N3S/c17-16(20)12-8-9-15(18-10-12)19-14-7-3-5-11-4-1-2-6-13(11)14/h1-2,4,6,8-10,14H,3,5,7H2,(H2,17,20)(H,18,19). The summed E-state index contributed by atoms with van der Waals surface area (Å²) in [5, 5.41) is 3.51. The minimum Gasteiger partial charge on any atom is -0.389 e. The van der Waals surface area contributed by atoms with E-state index in [0.29, 0.717) is 11.0 Å². The maximum absolute atomic E-state index is 5.58. The molecule has 1 unspecified atom stereocenters. The van der Waals surface area contributed by atoms with Crippen LogP contribution in [0.5, 0.6) is 0 Å². The topological polar surface area (TPSA) is 50.9 Å². The Morgan fingerprint density at radius 1 is 1.25 bits per heavy atom. The number of anilines is 1. The van der Waals surface area contributed by atoms with E-state index in [2.05, 4.69) is 34.6 Å². The Labute approximate surface area is 124 Å². The van der Waals surface area contributed by atoms with Crippen molar-refractivity contribution in [1.82, 2.24) is 4.98 Å². The Balaban J connectivity index is 1.80. The van der Waals surface area contributed by atoms with E-state index in [4.69, 9.17) is 18.0 Å². The van der Waals surface area contributed by atoms with Crippen molar-refractivity contribution in [2.24, 2.45) is 5.73 Å². The van der Waals surface area contributed by atoms with E-state index in [0.717, 1.165) is 17.8 Å². The minimum absolute atomic E-state index is 0.336. The van der Waals surface area contributed by atoms with E-state index in [1.807, 2.05) is 12.1 Å². The maximum atomic E-state index is 5.58. The predicted molar refractivity (Wildman–Crippen MR) is 85.9 cm³/mol. The summed E-state index contributed by atoms with van der Waals surface area (Å²) in [5.41, 5.74) is 9.21. The lowest BCUT2D eigenvalue weighted by Gasteiger charge is -2.26. The van der Waals surface area contributed by atoms with E-state index in [9.17, 15) is 0 Å². The second-order valence-corrected chi connectivity index (χ2v) is 5.52. The van der Waals surface area contributed by atoms with Crippen LogP contribution < -0.4 is 11.1 Å². The third kappa shape index (κ3) is 2.65. The predicted octanol–water partition coefficient (Wildman–Crippen LogP) is 3.21. The van der Waals surface area contributed by atoms with Crippen LogP contribution in [0.2, 0.25) is 0 Å². The zero-order chi connectivity index (χ0) is 13.9. The first-order valence-corrected chi connectivity index (χ1v) is 7.25. The summed E-state index contributed by atoms with van der Waals surface area (Å²) in [6.45, 7) is 0. The Bertz CT molecular complexity index is 622. The van der Waals surface area contributed by atoms with Gasteiger partial charge in [0.15, 0.2) is 0 Å². The molecule has 0 radical (unpaired) electrons. The van der Waals surface area contributed by atoms with Gasteiger partial charge >= 0.3 is 0 Å². The molecule has 0 aliphatic heterocycles. The molecule has 1 aromatic heterocycles. The Hall–Kier alpha value is -1.94. The van der Waals surface area contributed by atoms with Gasteiger partial charge in [-0.2, -0.15) is 0 Å². The number of rotatable bonds is 3. The molecule has 4 heteroatoms. The van der Waals surface area contributed by atoms with Crippen molar-refractivity contribution < 1.29 is 0 Å². The SMILES string of the molecule is NC(=S)c1ccc(NC2CCCc3ccccc32)nc1. The number of nitrogens with two attached hydrogens (primary N) is 1. The van der Waals surface area contributed by atoms with Gasteiger partial charge < -0.3 is 11.1 Å². The lowest BCUT2D eigenvalue weighted by atomic mass is 9.88. The van der Waals surface area contributed by atoms with Gasteiger partial charge in [-0.1, -0.05) is 36.5 Å². The first-order chi connectivity index (χ1) is 9.74. The van der Waals surface area contributed by atoms with Crippen LogP contribution >= 0.6 is 12.2 Å². The van der Waals surface area contributed by atoms with E-state index in [1.165, 1.54) is 24.0 Å². The van der Waals surface area contributed by atoms with Gasteiger partial charge in [-0.25, -0.2) is 4.98 Å². The highest BCUT2D eigenvalue weighted by Crippen LogP contribution is 2.31. The lowest BCUT2D eigenvalue weighted by Crippen LogP contribution is -2.18. The molecule has 3 nitrogen and oxygen atoms in total. The summed E-state index contributed by atoms with van der Waals surface area (Å²) in [5.74, 6) is 0.867. The first kappa shape index (κ1) is 13.1. The van der Waals surface area contributed by atoms with Crippen LogP contribution in [0, 0.1) is 0 Å². The number of hydrogen-bond donors (Lipinski definition) is 2. The quantitative estimate of drug-likeness (QED) is 0.849. The normalized spacial score (nSPS) is 17.3. The molecule has 0 bridgehead atoms. The van der Waals surface area contributed by atoms with Crippen LogP contribution in [0.3, 0.4) is 0 Å². The molecule has 3 N–H and O–H groups in total. The first-order valence-electron chi connectivity index (χ1n) is 6.84. The number of aryl methyl sites for hydroxylation is 1. The van der Waals surface area contributed by atoms with E-state index in [1.54, 1.807) is 6.20 Å². The van der Waals surface area contributed by atoms with Crippen molar-refractivity contribution in [1.29, 1.82) is 0 Å². The Kier molecular flexibility index (Phi) is 3.65. The third-order valence-corrected chi connectivity index (χ3v) is 3.98. The van der Waals surface area contributed by atoms with Crippen molar-refractivity contribution in [2.75, 3.05) is 5.32 Å². The van der Waals surface area contributed by atoms with Gasteiger partial charge in [-0.15, -0.1) is 0 Å². The maximum Gasteiger partial charge on any atom is 0.126 e. The molecule has 0 spiro atoms. The average Bonchev–Trinajstić information content (AvgIpc) is 2.48. The number of thiocarbonyl (C=S) groups is 1. The molecule has 1 atom stereocenters. The minimum atomic E-state index is 0.336. The monoisotopic (exact) mass is 283 g/mol. The van der Waals surface area contributed by atoms with Crippen molar-refractivity contribution >= 4 is 23.0 Å². The van der Waals surface area contributed by atoms with Crippen LogP contribution in [-0.2, 0) is 6.42 Å². The summed E-state index contributed by atoms with van der Waals surface area (Å²) in [6, 6.07) is 12.8. The summed E-state index contributed by atoms with van der Waals surface area (Å²) < 4.78 is 0. The molecule has 1 aliphatic rings. The third-order valence-electron chi connectivity index (χ3n) is 3.74. The number of nitrogens with one attached hydrogen (secondary N) is 1. The van der Waals surface area contributed by atoms with Crippen molar-refractivity contribution in [3.8, 4) is 0 Å². The highest BCUT2D eigenvalue weighted by molar-refractivity contribution is 7.80. The van der Waals surface area contributed by atoms with Gasteiger partial charge in [0.25, 0.3) is 0 Å². The van der Waals surface area contributed by atoms with Crippen LogP contribution in [0.1, 0.15) is 35.6 Å². The van der Waals surface area contributed by atoms with Crippen molar-refractivity contribution in [3.63, 3.8) is 0 Å². The summed E-state index contributed by atoms with van der Waals surface area (Å²) in [6.07, 6.45) is 5.23.